The van der Waals surface area contributed by atoms with Crippen LogP contribution in [0.15, 0.2) is 55.2 Å². The molecule has 1 N–H and O–H groups in total. The van der Waals surface area contributed by atoms with Gasteiger partial charge in [-0.15, -0.1) is 0 Å². The van der Waals surface area contributed by atoms with Crippen LogP contribution >= 0.6 is 0 Å². The third-order valence-electron chi connectivity index (χ3n) is 5.65. The van der Waals surface area contributed by atoms with Crippen molar-refractivity contribution in [1.29, 1.82) is 0 Å². The Kier molecular flexibility index (Phi) is 5.45. The molecule has 1 fully saturated rings. The highest BCUT2D eigenvalue weighted by Crippen LogP contribution is 2.34. The number of piperidine rings is 1. The number of rotatable bonds is 5. The van der Waals surface area contributed by atoms with Crippen molar-refractivity contribution in [2.75, 3.05) is 31.7 Å². The maximum Gasteiger partial charge on any atom is 0.238 e. The summed E-state index contributed by atoms with van der Waals surface area (Å²) in [5, 5.41) is 2.96. The lowest BCUT2D eigenvalue weighted by molar-refractivity contribution is -0.117. The predicted octanol–water partition coefficient (Wildman–Crippen LogP) is 3.09. The number of hydrogen-bond donors (Lipinski definition) is 1. The van der Waals surface area contributed by atoms with Gasteiger partial charge in [0.05, 0.1) is 12.2 Å². The van der Waals surface area contributed by atoms with Crippen LogP contribution in [0.25, 0.3) is 11.1 Å². The summed E-state index contributed by atoms with van der Waals surface area (Å²) < 4.78 is 10.7. The van der Waals surface area contributed by atoms with Crippen LogP contribution in [0.3, 0.4) is 0 Å². The number of pyridine rings is 1. The molecule has 3 aromatic rings. The number of hydrogen-bond acceptors (Lipinski definition) is 7. The van der Waals surface area contributed by atoms with Crippen LogP contribution in [-0.4, -0.2) is 52.2 Å². The molecule has 31 heavy (non-hydrogen) atoms. The molecular weight excluding hydrogens is 394 g/mol. The maximum atomic E-state index is 12.7. The predicted molar refractivity (Wildman–Crippen MR) is 115 cm³/mol. The third kappa shape index (κ3) is 4.34. The second-order valence-corrected chi connectivity index (χ2v) is 7.75. The zero-order valence-corrected chi connectivity index (χ0v) is 17.0. The molecule has 8 heteroatoms. The minimum atomic E-state index is -0.0449. The molecule has 158 valence electrons. The SMILES string of the molecule is O=C(CN1CCCC(c2ncncc2-c2ccncc2)C1)Nc1ccc2c(c1)OCO2. The van der Waals surface area contributed by atoms with Gasteiger partial charge < -0.3 is 14.8 Å². The molecular formula is C23H23N5O3. The molecule has 1 amide bonds. The number of benzene rings is 1. The normalized spacial score (nSPS) is 18.0. The number of likely N-dealkylation sites (tertiary alicyclic amines) is 1. The molecule has 0 saturated carbocycles. The van der Waals surface area contributed by atoms with E-state index in [0.29, 0.717) is 23.7 Å². The van der Waals surface area contributed by atoms with Crippen LogP contribution in [0.2, 0.25) is 0 Å². The highest BCUT2D eigenvalue weighted by Gasteiger charge is 2.26. The Bertz CT molecular complexity index is 1080. The Morgan fingerprint density at radius 2 is 2.00 bits per heavy atom. The molecule has 4 heterocycles. The monoisotopic (exact) mass is 417 g/mol. The third-order valence-corrected chi connectivity index (χ3v) is 5.65. The molecule has 0 spiro atoms. The van der Waals surface area contributed by atoms with Gasteiger partial charge in [0.25, 0.3) is 0 Å². The molecule has 2 aliphatic heterocycles. The van der Waals surface area contributed by atoms with Gasteiger partial charge in [0.1, 0.15) is 6.33 Å². The fraction of sp³-hybridized carbons (Fsp3) is 0.304. The number of anilines is 1. The largest absolute Gasteiger partial charge is 0.454 e. The van der Waals surface area contributed by atoms with Gasteiger partial charge in [0.15, 0.2) is 11.5 Å². The molecule has 0 aliphatic carbocycles. The average Bonchev–Trinajstić information content (AvgIpc) is 3.28. The Morgan fingerprint density at radius 3 is 2.90 bits per heavy atom. The molecule has 8 nitrogen and oxygen atoms in total. The van der Waals surface area contributed by atoms with Crippen molar-refractivity contribution in [3.05, 3.63) is 60.9 Å². The van der Waals surface area contributed by atoms with Crippen molar-refractivity contribution < 1.29 is 14.3 Å². The molecule has 0 bridgehead atoms. The van der Waals surface area contributed by atoms with E-state index in [1.807, 2.05) is 30.5 Å². The molecule has 2 aliphatic rings. The molecule has 1 unspecified atom stereocenters. The second kappa shape index (κ2) is 8.69. The zero-order valence-electron chi connectivity index (χ0n) is 17.0. The summed E-state index contributed by atoms with van der Waals surface area (Å²) in [6.07, 6.45) is 9.07. The van der Waals surface area contributed by atoms with E-state index in [1.54, 1.807) is 24.8 Å². The van der Waals surface area contributed by atoms with Crippen LogP contribution < -0.4 is 14.8 Å². The van der Waals surface area contributed by atoms with Gasteiger partial charge in [0.2, 0.25) is 12.7 Å². The van der Waals surface area contributed by atoms with Crippen LogP contribution in [0.4, 0.5) is 5.69 Å². The number of fused-ring (bicyclic) bond motifs is 1. The Morgan fingerprint density at radius 1 is 1.13 bits per heavy atom. The van der Waals surface area contributed by atoms with E-state index >= 15 is 0 Å². The maximum absolute atomic E-state index is 12.7. The zero-order chi connectivity index (χ0) is 21.0. The Balaban J connectivity index is 1.25. The molecule has 2 aromatic heterocycles. The van der Waals surface area contributed by atoms with Crippen LogP contribution in [0.5, 0.6) is 11.5 Å². The Hall–Kier alpha value is -3.52. The summed E-state index contributed by atoms with van der Waals surface area (Å²) in [7, 11) is 0. The summed E-state index contributed by atoms with van der Waals surface area (Å²) in [6, 6.07) is 9.38. The standard InChI is InChI=1S/C23H23N5O3/c29-22(27-18-3-4-20-21(10-18)31-15-30-20)13-28-9-1-2-17(12-28)23-19(11-25-14-26-23)16-5-7-24-8-6-16/h3-8,10-11,14,17H,1-2,9,12-13,15H2,(H,27,29). The average molecular weight is 417 g/mol. The van der Waals surface area contributed by atoms with Crippen molar-refractivity contribution in [2.24, 2.45) is 0 Å². The number of nitrogens with one attached hydrogen (secondary N) is 1. The minimum absolute atomic E-state index is 0.0449. The number of nitrogens with zero attached hydrogens (tertiary/aromatic N) is 4. The second-order valence-electron chi connectivity index (χ2n) is 7.75. The molecule has 1 aromatic carbocycles. The van der Waals surface area contributed by atoms with Gasteiger partial charge in [-0.2, -0.15) is 0 Å². The van der Waals surface area contributed by atoms with E-state index in [0.717, 1.165) is 42.8 Å². The van der Waals surface area contributed by atoms with Crippen molar-refractivity contribution in [1.82, 2.24) is 19.9 Å². The lowest BCUT2D eigenvalue weighted by Gasteiger charge is -2.32. The van der Waals surface area contributed by atoms with Gasteiger partial charge in [0, 0.05) is 48.4 Å². The molecule has 1 atom stereocenters. The number of amides is 1. The lowest BCUT2D eigenvalue weighted by atomic mass is 9.90. The summed E-state index contributed by atoms with van der Waals surface area (Å²) in [6.45, 7) is 2.22. The number of carbonyl (C=O) groups excluding carboxylic acids is 1. The first-order valence-electron chi connectivity index (χ1n) is 10.4. The smallest absolute Gasteiger partial charge is 0.238 e. The van der Waals surface area contributed by atoms with Crippen LogP contribution in [-0.2, 0) is 4.79 Å². The fourth-order valence-corrected chi connectivity index (χ4v) is 4.22. The minimum Gasteiger partial charge on any atom is -0.454 e. The van der Waals surface area contributed by atoms with Crippen molar-refractivity contribution in [2.45, 2.75) is 18.8 Å². The summed E-state index contributed by atoms with van der Waals surface area (Å²) in [5.74, 6) is 1.56. The van der Waals surface area contributed by atoms with Crippen molar-refractivity contribution >= 4 is 11.6 Å². The highest BCUT2D eigenvalue weighted by molar-refractivity contribution is 5.92. The first kappa shape index (κ1) is 19.4. The van der Waals surface area contributed by atoms with Crippen LogP contribution in [0.1, 0.15) is 24.5 Å². The van der Waals surface area contributed by atoms with E-state index in [4.69, 9.17) is 9.47 Å². The van der Waals surface area contributed by atoms with E-state index in [1.165, 1.54) is 0 Å². The first-order chi connectivity index (χ1) is 15.3. The fourth-order valence-electron chi connectivity index (χ4n) is 4.22. The lowest BCUT2D eigenvalue weighted by Crippen LogP contribution is -2.40. The van der Waals surface area contributed by atoms with Gasteiger partial charge in [-0.25, -0.2) is 9.97 Å². The van der Waals surface area contributed by atoms with E-state index in [-0.39, 0.29) is 18.6 Å². The number of carbonyl (C=O) groups is 1. The number of aromatic nitrogens is 3. The van der Waals surface area contributed by atoms with Crippen LogP contribution in [0, 0.1) is 0 Å². The van der Waals surface area contributed by atoms with Gasteiger partial charge in [-0.1, -0.05) is 0 Å². The highest BCUT2D eigenvalue weighted by atomic mass is 16.7. The van der Waals surface area contributed by atoms with Gasteiger partial charge >= 0.3 is 0 Å². The van der Waals surface area contributed by atoms with E-state index in [2.05, 4.69) is 25.2 Å². The molecule has 1 saturated heterocycles. The first-order valence-corrected chi connectivity index (χ1v) is 10.4. The molecule has 5 rings (SSSR count). The van der Waals surface area contributed by atoms with Gasteiger partial charge in [-0.3, -0.25) is 14.7 Å². The summed E-state index contributed by atoms with van der Waals surface area (Å²) in [5.41, 5.74) is 3.82. The van der Waals surface area contributed by atoms with Gasteiger partial charge in [-0.05, 0) is 49.2 Å². The summed E-state index contributed by atoms with van der Waals surface area (Å²) >= 11 is 0. The topological polar surface area (TPSA) is 89.5 Å². The molecule has 0 radical (unpaired) electrons. The van der Waals surface area contributed by atoms with E-state index < -0.39 is 0 Å². The van der Waals surface area contributed by atoms with Crippen molar-refractivity contribution in [3.63, 3.8) is 0 Å². The Labute approximate surface area is 180 Å². The van der Waals surface area contributed by atoms with Crippen molar-refractivity contribution in [3.8, 4) is 22.6 Å². The van der Waals surface area contributed by atoms with E-state index in [9.17, 15) is 4.79 Å². The quantitative estimate of drug-likeness (QED) is 0.682. The summed E-state index contributed by atoms with van der Waals surface area (Å²) in [4.78, 5) is 27.8. The number of ether oxygens (including phenoxy) is 2.